The van der Waals surface area contributed by atoms with Gasteiger partial charge in [-0.25, -0.2) is 0 Å². The molecular weight excluding hydrogens is 356 g/mol. The summed E-state index contributed by atoms with van der Waals surface area (Å²) in [5.41, 5.74) is 5.89. The second-order valence-corrected chi connectivity index (χ2v) is 7.59. The lowest BCUT2D eigenvalue weighted by Gasteiger charge is -2.18. The number of aryl methyl sites for hydroxylation is 2. The van der Waals surface area contributed by atoms with Crippen LogP contribution >= 0.6 is 0 Å². The van der Waals surface area contributed by atoms with Gasteiger partial charge in [-0.05, 0) is 41.8 Å². The van der Waals surface area contributed by atoms with Crippen LogP contribution in [0.5, 0.6) is 0 Å². The van der Waals surface area contributed by atoms with Crippen molar-refractivity contribution in [1.29, 1.82) is 0 Å². The Morgan fingerprint density at radius 3 is 2.14 bits per heavy atom. The van der Waals surface area contributed by atoms with Gasteiger partial charge in [0, 0.05) is 42.5 Å². The van der Waals surface area contributed by atoms with E-state index in [2.05, 4.69) is 72.4 Å². The zero-order valence-electron chi connectivity index (χ0n) is 16.9. The van der Waals surface area contributed by atoms with Crippen molar-refractivity contribution in [2.75, 3.05) is 0 Å². The third kappa shape index (κ3) is 4.24. The SMILES string of the molecule is Cc1cc2cc(CNC(=O)CC(c3ccccc3)c3ccccc3)ccc2n1C. The minimum atomic E-state index is 0.0525. The van der Waals surface area contributed by atoms with Gasteiger partial charge >= 0.3 is 0 Å². The predicted molar refractivity (Wildman–Crippen MR) is 119 cm³/mol. The van der Waals surface area contributed by atoms with Crippen molar-refractivity contribution in [3.63, 3.8) is 0 Å². The van der Waals surface area contributed by atoms with Crippen molar-refractivity contribution in [2.24, 2.45) is 7.05 Å². The minimum Gasteiger partial charge on any atom is -0.352 e. The number of hydrogen-bond donors (Lipinski definition) is 1. The molecule has 1 amide bonds. The first kappa shape index (κ1) is 19.0. The molecule has 3 heteroatoms. The number of hydrogen-bond acceptors (Lipinski definition) is 1. The molecule has 4 rings (SSSR count). The van der Waals surface area contributed by atoms with Gasteiger partial charge in [-0.3, -0.25) is 4.79 Å². The second kappa shape index (κ2) is 8.36. The molecule has 0 radical (unpaired) electrons. The van der Waals surface area contributed by atoms with Gasteiger partial charge in [0.1, 0.15) is 0 Å². The summed E-state index contributed by atoms with van der Waals surface area (Å²) < 4.78 is 2.18. The molecule has 4 aromatic rings. The van der Waals surface area contributed by atoms with Crippen LogP contribution in [0.25, 0.3) is 10.9 Å². The molecule has 0 spiro atoms. The van der Waals surface area contributed by atoms with Gasteiger partial charge in [-0.1, -0.05) is 66.7 Å². The first-order valence-corrected chi connectivity index (χ1v) is 10.0. The average molecular weight is 383 g/mol. The van der Waals surface area contributed by atoms with E-state index in [0.29, 0.717) is 13.0 Å². The van der Waals surface area contributed by atoms with E-state index in [1.54, 1.807) is 0 Å². The quantitative estimate of drug-likeness (QED) is 0.481. The molecule has 0 aliphatic carbocycles. The zero-order chi connectivity index (χ0) is 20.2. The fourth-order valence-corrected chi connectivity index (χ4v) is 3.90. The number of benzene rings is 3. The molecule has 0 atom stereocenters. The Kier molecular flexibility index (Phi) is 5.48. The van der Waals surface area contributed by atoms with Gasteiger partial charge in [0.25, 0.3) is 0 Å². The molecular formula is C26H26N2O. The summed E-state index contributed by atoms with van der Waals surface area (Å²) in [4.78, 5) is 12.8. The summed E-state index contributed by atoms with van der Waals surface area (Å²) in [6, 6.07) is 29.1. The average Bonchev–Trinajstić information content (AvgIpc) is 3.05. The largest absolute Gasteiger partial charge is 0.352 e. The van der Waals surface area contributed by atoms with Gasteiger partial charge in [0.15, 0.2) is 0 Å². The number of nitrogens with zero attached hydrogens (tertiary/aromatic N) is 1. The van der Waals surface area contributed by atoms with E-state index in [1.165, 1.54) is 16.6 Å². The van der Waals surface area contributed by atoms with E-state index >= 15 is 0 Å². The predicted octanol–water partition coefficient (Wildman–Crippen LogP) is 5.33. The van der Waals surface area contributed by atoms with Crippen molar-refractivity contribution in [3.8, 4) is 0 Å². The monoisotopic (exact) mass is 382 g/mol. The number of carbonyl (C=O) groups excluding carboxylic acids is 1. The van der Waals surface area contributed by atoms with Gasteiger partial charge in [0.05, 0.1) is 0 Å². The summed E-state index contributed by atoms with van der Waals surface area (Å²) in [5.74, 6) is 0.115. The molecule has 0 fully saturated rings. The molecule has 0 aliphatic rings. The van der Waals surface area contributed by atoms with Crippen LogP contribution in [0, 0.1) is 6.92 Å². The maximum absolute atomic E-state index is 12.8. The lowest BCUT2D eigenvalue weighted by Crippen LogP contribution is -2.25. The van der Waals surface area contributed by atoms with Gasteiger partial charge in [-0.15, -0.1) is 0 Å². The van der Waals surface area contributed by atoms with E-state index in [9.17, 15) is 4.79 Å². The highest BCUT2D eigenvalue weighted by atomic mass is 16.1. The smallest absolute Gasteiger partial charge is 0.221 e. The third-order valence-electron chi connectivity index (χ3n) is 5.63. The maximum Gasteiger partial charge on any atom is 0.221 e. The second-order valence-electron chi connectivity index (χ2n) is 7.59. The fraction of sp³-hybridized carbons (Fsp3) is 0.192. The van der Waals surface area contributed by atoms with Crippen LogP contribution in [0.2, 0.25) is 0 Å². The molecule has 0 unspecified atom stereocenters. The van der Waals surface area contributed by atoms with Crippen LogP contribution in [-0.2, 0) is 18.4 Å². The molecule has 1 heterocycles. The topological polar surface area (TPSA) is 34.0 Å². The molecule has 146 valence electrons. The number of aromatic nitrogens is 1. The van der Waals surface area contributed by atoms with Gasteiger partial charge in [0.2, 0.25) is 5.91 Å². The van der Waals surface area contributed by atoms with E-state index < -0.39 is 0 Å². The van der Waals surface area contributed by atoms with Crippen molar-refractivity contribution < 1.29 is 4.79 Å². The van der Waals surface area contributed by atoms with Crippen molar-refractivity contribution in [3.05, 3.63) is 107 Å². The Labute approximate surface area is 172 Å². The van der Waals surface area contributed by atoms with Gasteiger partial charge < -0.3 is 9.88 Å². The first-order chi connectivity index (χ1) is 14.1. The number of fused-ring (bicyclic) bond motifs is 1. The lowest BCUT2D eigenvalue weighted by molar-refractivity contribution is -0.121. The number of rotatable bonds is 6. The fourth-order valence-electron chi connectivity index (χ4n) is 3.90. The highest BCUT2D eigenvalue weighted by Gasteiger charge is 2.18. The summed E-state index contributed by atoms with van der Waals surface area (Å²) in [5, 5.41) is 4.32. The van der Waals surface area contributed by atoms with Crippen LogP contribution in [0.3, 0.4) is 0 Å². The number of amides is 1. The third-order valence-corrected chi connectivity index (χ3v) is 5.63. The highest BCUT2D eigenvalue weighted by Crippen LogP contribution is 2.28. The molecule has 29 heavy (non-hydrogen) atoms. The Morgan fingerprint density at radius 1 is 0.897 bits per heavy atom. The van der Waals surface area contributed by atoms with Gasteiger partial charge in [-0.2, -0.15) is 0 Å². The van der Waals surface area contributed by atoms with Crippen LogP contribution in [-0.4, -0.2) is 10.5 Å². The molecule has 3 aromatic carbocycles. The molecule has 0 saturated heterocycles. The standard InChI is InChI=1S/C26H26N2O/c1-19-15-23-16-20(13-14-25(23)28(19)2)18-27-26(29)17-24(21-9-5-3-6-10-21)22-11-7-4-8-12-22/h3-16,24H,17-18H2,1-2H3,(H,27,29). The summed E-state index contributed by atoms with van der Waals surface area (Å²) in [6.07, 6.45) is 0.431. The summed E-state index contributed by atoms with van der Waals surface area (Å²) in [7, 11) is 2.08. The Bertz CT molecular complexity index is 1070. The number of carbonyl (C=O) groups is 1. The van der Waals surface area contributed by atoms with Crippen molar-refractivity contribution in [2.45, 2.75) is 25.8 Å². The van der Waals surface area contributed by atoms with Crippen LogP contribution in [0.15, 0.2) is 84.9 Å². The lowest BCUT2D eigenvalue weighted by atomic mass is 9.88. The minimum absolute atomic E-state index is 0.0525. The molecule has 0 bridgehead atoms. The van der Waals surface area contributed by atoms with E-state index in [4.69, 9.17) is 0 Å². The van der Waals surface area contributed by atoms with Crippen molar-refractivity contribution >= 4 is 16.8 Å². The summed E-state index contributed by atoms with van der Waals surface area (Å²) >= 11 is 0. The van der Waals surface area contributed by atoms with Crippen LogP contribution in [0.1, 0.15) is 34.7 Å². The highest BCUT2D eigenvalue weighted by molar-refractivity contribution is 5.82. The normalized spacial score (nSPS) is 11.1. The number of nitrogens with one attached hydrogen (secondary N) is 1. The molecule has 0 saturated carbocycles. The van der Waals surface area contributed by atoms with Crippen LogP contribution < -0.4 is 5.32 Å². The van der Waals surface area contributed by atoms with E-state index in [0.717, 1.165) is 16.7 Å². The molecule has 0 aliphatic heterocycles. The summed E-state index contributed by atoms with van der Waals surface area (Å²) in [6.45, 7) is 2.65. The van der Waals surface area contributed by atoms with Crippen molar-refractivity contribution in [1.82, 2.24) is 9.88 Å². The van der Waals surface area contributed by atoms with Crippen LogP contribution in [0.4, 0.5) is 0 Å². The molecule has 1 N–H and O–H groups in total. The Hall–Kier alpha value is -3.33. The molecule has 3 nitrogen and oxygen atoms in total. The molecule has 1 aromatic heterocycles. The zero-order valence-corrected chi connectivity index (χ0v) is 16.9. The van der Waals surface area contributed by atoms with E-state index in [1.807, 2.05) is 36.4 Å². The first-order valence-electron chi connectivity index (χ1n) is 10.0. The van der Waals surface area contributed by atoms with E-state index in [-0.39, 0.29) is 11.8 Å². The Balaban J connectivity index is 1.47. The Morgan fingerprint density at radius 2 is 1.52 bits per heavy atom. The maximum atomic E-state index is 12.8.